The summed E-state index contributed by atoms with van der Waals surface area (Å²) in [7, 11) is 0. The van der Waals surface area contributed by atoms with E-state index < -0.39 is 17.5 Å². The van der Waals surface area contributed by atoms with E-state index in [4.69, 9.17) is 0 Å². The summed E-state index contributed by atoms with van der Waals surface area (Å²) in [5.74, 6) is -2.43. The summed E-state index contributed by atoms with van der Waals surface area (Å²) in [6.07, 6.45) is 0.475. The second-order valence-electron chi connectivity index (χ2n) is 5.66. The molecule has 138 valence electrons. The van der Waals surface area contributed by atoms with Crippen LogP contribution in [0.1, 0.15) is 15.9 Å². The number of benzene rings is 2. The van der Waals surface area contributed by atoms with Gasteiger partial charge in [0.15, 0.2) is 17.5 Å². The van der Waals surface area contributed by atoms with Crippen LogP contribution in [-0.4, -0.2) is 22.6 Å². The van der Waals surface area contributed by atoms with Crippen molar-refractivity contribution >= 4 is 17.5 Å². The Morgan fingerprint density at radius 3 is 2.30 bits per heavy atom. The van der Waals surface area contributed by atoms with E-state index in [1.807, 2.05) is 0 Å². The number of amides is 1. The average molecular weight is 372 g/mol. The van der Waals surface area contributed by atoms with Crippen molar-refractivity contribution < 1.29 is 18.0 Å². The van der Waals surface area contributed by atoms with E-state index in [1.165, 1.54) is 18.2 Å². The maximum atomic E-state index is 13.5. The molecule has 0 unspecified atom stereocenters. The number of nitrogens with one attached hydrogen (secondary N) is 2. The second-order valence-corrected chi connectivity index (χ2v) is 5.66. The molecule has 8 heteroatoms. The molecule has 0 fully saturated rings. The first kappa shape index (κ1) is 18.4. The Balaban J connectivity index is 1.54. The molecule has 3 aromatic rings. The normalized spacial score (nSPS) is 10.5. The maximum absolute atomic E-state index is 13.5. The topological polar surface area (TPSA) is 66.9 Å². The Bertz CT molecular complexity index is 948. The Labute approximate surface area is 153 Å². The van der Waals surface area contributed by atoms with Crippen LogP contribution in [0.3, 0.4) is 0 Å². The predicted molar refractivity (Wildman–Crippen MR) is 94.9 cm³/mol. The minimum atomic E-state index is -1.11. The Hall–Kier alpha value is -3.42. The lowest BCUT2D eigenvalue weighted by Gasteiger charge is -2.07. The van der Waals surface area contributed by atoms with Gasteiger partial charge in [-0.15, -0.1) is 10.2 Å². The molecular weight excluding hydrogens is 357 g/mol. The molecule has 2 N–H and O–H groups in total. The molecule has 0 radical (unpaired) electrons. The van der Waals surface area contributed by atoms with Crippen LogP contribution in [0.2, 0.25) is 0 Å². The van der Waals surface area contributed by atoms with Gasteiger partial charge in [-0.25, -0.2) is 13.2 Å². The summed E-state index contributed by atoms with van der Waals surface area (Å²) in [5.41, 5.74) is 0.552. The molecule has 0 aliphatic rings. The van der Waals surface area contributed by atoms with Crippen molar-refractivity contribution in [3.63, 3.8) is 0 Å². The SMILES string of the molecule is O=C(Nc1ccc(NCCc2ccccc2F)nn1)c1ccc(F)c(F)c1. The second kappa shape index (κ2) is 8.31. The van der Waals surface area contributed by atoms with Gasteiger partial charge in [0.2, 0.25) is 0 Å². The zero-order valence-corrected chi connectivity index (χ0v) is 14.0. The lowest BCUT2D eigenvalue weighted by molar-refractivity contribution is 0.102. The predicted octanol–water partition coefficient (Wildman–Crippen LogP) is 3.80. The summed E-state index contributed by atoms with van der Waals surface area (Å²) in [6, 6.07) is 12.5. The number of nitrogens with zero attached hydrogens (tertiary/aromatic N) is 2. The van der Waals surface area contributed by atoms with Gasteiger partial charge in [-0.3, -0.25) is 4.79 Å². The van der Waals surface area contributed by atoms with E-state index in [2.05, 4.69) is 20.8 Å². The van der Waals surface area contributed by atoms with Crippen LogP contribution >= 0.6 is 0 Å². The van der Waals surface area contributed by atoms with E-state index in [0.717, 1.165) is 12.1 Å². The summed E-state index contributed by atoms with van der Waals surface area (Å²) in [4.78, 5) is 12.0. The lowest BCUT2D eigenvalue weighted by Crippen LogP contribution is -2.14. The fourth-order valence-corrected chi connectivity index (χ4v) is 2.35. The number of aromatic nitrogens is 2. The highest BCUT2D eigenvalue weighted by molar-refractivity contribution is 6.03. The number of hydrogen-bond acceptors (Lipinski definition) is 4. The fraction of sp³-hybridized carbons (Fsp3) is 0.105. The number of hydrogen-bond donors (Lipinski definition) is 2. The Morgan fingerprint density at radius 1 is 0.852 bits per heavy atom. The number of anilines is 2. The van der Waals surface area contributed by atoms with Gasteiger partial charge in [0.1, 0.15) is 11.6 Å². The van der Waals surface area contributed by atoms with E-state index in [0.29, 0.717) is 24.3 Å². The molecular formula is C19H15F3N4O. The molecule has 0 spiro atoms. The quantitative estimate of drug-likeness (QED) is 0.691. The third-order valence-electron chi connectivity index (χ3n) is 3.75. The number of carbonyl (C=O) groups excluding carboxylic acids is 1. The van der Waals surface area contributed by atoms with Gasteiger partial charge in [-0.1, -0.05) is 18.2 Å². The van der Waals surface area contributed by atoms with Crippen molar-refractivity contribution in [2.75, 3.05) is 17.2 Å². The van der Waals surface area contributed by atoms with Crippen molar-refractivity contribution in [1.29, 1.82) is 0 Å². The summed E-state index contributed by atoms with van der Waals surface area (Å²) in [6.45, 7) is 0.455. The largest absolute Gasteiger partial charge is 0.368 e. The summed E-state index contributed by atoms with van der Waals surface area (Å²) >= 11 is 0. The standard InChI is InChI=1S/C19H15F3N4O/c20-14-4-2-1-3-12(14)9-10-23-17-7-8-18(26-25-17)24-19(27)13-5-6-15(21)16(22)11-13/h1-8,11H,9-10H2,(H,23,25)(H,24,26,27). The first-order valence-corrected chi connectivity index (χ1v) is 8.10. The first-order valence-electron chi connectivity index (χ1n) is 8.10. The molecule has 3 rings (SSSR count). The van der Waals surface area contributed by atoms with Gasteiger partial charge in [0.25, 0.3) is 5.91 Å². The van der Waals surface area contributed by atoms with Crippen molar-refractivity contribution in [3.05, 3.63) is 83.2 Å². The van der Waals surface area contributed by atoms with E-state index in [9.17, 15) is 18.0 Å². The minimum absolute atomic E-state index is 0.0391. The Morgan fingerprint density at radius 2 is 1.59 bits per heavy atom. The summed E-state index contributed by atoms with van der Waals surface area (Å²) in [5, 5.41) is 13.2. The Kier molecular flexibility index (Phi) is 5.65. The number of rotatable bonds is 6. The van der Waals surface area contributed by atoms with Gasteiger partial charge < -0.3 is 10.6 Å². The molecule has 27 heavy (non-hydrogen) atoms. The molecule has 5 nitrogen and oxygen atoms in total. The van der Waals surface area contributed by atoms with E-state index >= 15 is 0 Å². The zero-order chi connectivity index (χ0) is 19.2. The van der Waals surface area contributed by atoms with Gasteiger partial charge in [0, 0.05) is 12.1 Å². The molecule has 1 heterocycles. The molecule has 0 atom stereocenters. The van der Waals surface area contributed by atoms with Gasteiger partial charge in [-0.2, -0.15) is 0 Å². The maximum Gasteiger partial charge on any atom is 0.256 e. The third kappa shape index (κ3) is 4.81. The molecule has 0 aliphatic carbocycles. The lowest BCUT2D eigenvalue weighted by atomic mass is 10.1. The van der Waals surface area contributed by atoms with E-state index in [1.54, 1.807) is 24.3 Å². The fourth-order valence-electron chi connectivity index (χ4n) is 2.35. The van der Waals surface area contributed by atoms with Crippen molar-refractivity contribution in [1.82, 2.24) is 10.2 Å². The molecule has 0 saturated carbocycles. The molecule has 0 bridgehead atoms. The number of halogens is 3. The van der Waals surface area contributed by atoms with Crippen LogP contribution in [0.15, 0.2) is 54.6 Å². The smallest absolute Gasteiger partial charge is 0.256 e. The van der Waals surface area contributed by atoms with Crippen molar-refractivity contribution in [3.8, 4) is 0 Å². The van der Waals surface area contributed by atoms with Crippen molar-refractivity contribution in [2.24, 2.45) is 0 Å². The van der Waals surface area contributed by atoms with Gasteiger partial charge in [-0.05, 0) is 48.4 Å². The zero-order valence-electron chi connectivity index (χ0n) is 14.0. The third-order valence-corrected chi connectivity index (χ3v) is 3.75. The highest BCUT2D eigenvalue weighted by Crippen LogP contribution is 2.12. The van der Waals surface area contributed by atoms with Crippen LogP contribution in [0.5, 0.6) is 0 Å². The first-order chi connectivity index (χ1) is 13.0. The van der Waals surface area contributed by atoms with Gasteiger partial charge >= 0.3 is 0 Å². The van der Waals surface area contributed by atoms with Crippen LogP contribution < -0.4 is 10.6 Å². The molecule has 2 aromatic carbocycles. The van der Waals surface area contributed by atoms with Crippen molar-refractivity contribution in [2.45, 2.75) is 6.42 Å². The molecule has 0 aliphatic heterocycles. The molecule has 1 aromatic heterocycles. The monoisotopic (exact) mass is 372 g/mol. The van der Waals surface area contributed by atoms with Crippen LogP contribution in [-0.2, 0) is 6.42 Å². The summed E-state index contributed by atoms with van der Waals surface area (Å²) < 4.78 is 39.6. The average Bonchev–Trinajstić information content (AvgIpc) is 2.67. The van der Waals surface area contributed by atoms with Crippen LogP contribution in [0, 0.1) is 17.5 Å². The molecule has 0 saturated heterocycles. The number of carbonyl (C=O) groups is 1. The van der Waals surface area contributed by atoms with Gasteiger partial charge in [0.05, 0.1) is 0 Å². The van der Waals surface area contributed by atoms with Crippen LogP contribution in [0.4, 0.5) is 24.8 Å². The van der Waals surface area contributed by atoms with Crippen LogP contribution in [0.25, 0.3) is 0 Å². The highest BCUT2D eigenvalue weighted by Gasteiger charge is 2.11. The highest BCUT2D eigenvalue weighted by atomic mass is 19.2. The van der Waals surface area contributed by atoms with E-state index in [-0.39, 0.29) is 17.2 Å². The minimum Gasteiger partial charge on any atom is -0.368 e. The molecule has 1 amide bonds.